The van der Waals surface area contributed by atoms with Crippen LogP contribution in [-0.4, -0.2) is 22.9 Å². The second-order valence-corrected chi connectivity index (χ2v) is 4.67. The molecule has 0 radical (unpaired) electrons. The van der Waals surface area contributed by atoms with Crippen molar-refractivity contribution in [3.8, 4) is 0 Å². The molecule has 0 aliphatic carbocycles. The molecule has 0 saturated heterocycles. The fourth-order valence-corrected chi connectivity index (χ4v) is 1.99. The summed E-state index contributed by atoms with van der Waals surface area (Å²) >= 11 is 0. The van der Waals surface area contributed by atoms with Gasteiger partial charge in [0.1, 0.15) is 0 Å². The van der Waals surface area contributed by atoms with E-state index in [0.29, 0.717) is 6.42 Å². The van der Waals surface area contributed by atoms with Crippen LogP contribution in [-0.2, 0) is 9.63 Å². The molecule has 0 aromatic carbocycles. The summed E-state index contributed by atoms with van der Waals surface area (Å²) in [4.78, 5) is 15.5. The van der Waals surface area contributed by atoms with Gasteiger partial charge in [0.05, 0.1) is 5.71 Å². The second kappa shape index (κ2) is 8.09. The van der Waals surface area contributed by atoms with Gasteiger partial charge in [-0.3, -0.25) is 0 Å². The molecule has 0 fully saturated rings. The first-order chi connectivity index (χ1) is 8.24. The minimum Gasteiger partial charge on any atom is -0.478 e. The van der Waals surface area contributed by atoms with Crippen molar-refractivity contribution in [1.82, 2.24) is 0 Å². The van der Waals surface area contributed by atoms with Gasteiger partial charge in [-0.25, -0.2) is 4.79 Å². The summed E-state index contributed by atoms with van der Waals surface area (Å²) in [6.07, 6.45) is 9.46. The van der Waals surface area contributed by atoms with E-state index in [1.165, 1.54) is 38.5 Å². The third kappa shape index (κ3) is 5.71. The third-order valence-corrected chi connectivity index (χ3v) is 3.07. The highest BCUT2D eigenvalue weighted by atomic mass is 16.7. The minimum absolute atomic E-state index is 0.463. The summed E-state index contributed by atoms with van der Waals surface area (Å²) in [6, 6.07) is 0. The Morgan fingerprint density at radius 3 is 2.53 bits per heavy atom. The van der Waals surface area contributed by atoms with Gasteiger partial charge in [0.2, 0.25) is 6.10 Å². The largest absolute Gasteiger partial charge is 0.478 e. The Labute approximate surface area is 103 Å². The van der Waals surface area contributed by atoms with E-state index in [0.717, 1.165) is 18.6 Å². The van der Waals surface area contributed by atoms with Crippen LogP contribution in [0.15, 0.2) is 5.16 Å². The summed E-state index contributed by atoms with van der Waals surface area (Å²) in [6.45, 7) is 2.22. The Morgan fingerprint density at radius 2 is 1.94 bits per heavy atom. The van der Waals surface area contributed by atoms with Crippen LogP contribution in [0.5, 0.6) is 0 Å². The highest BCUT2D eigenvalue weighted by Crippen LogP contribution is 2.16. The zero-order valence-corrected chi connectivity index (χ0v) is 10.7. The van der Waals surface area contributed by atoms with Crippen LogP contribution in [0.25, 0.3) is 0 Å². The first-order valence-corrected chi connectivity index (χ1v) is 6.68. The Kier molecular flexibility index (Phi) is 6.67. The molecule has 1 rings (SSSR count). The van der Waals surface area contributed by atoms with Gasteiger partial charge in [0, 0.05) is 6.42 Å². The average molecular weight is 241 g/mol. The number of nitrogens with zero attached hydrogens (tertiary/aromatic N) is 1. The van der Waals surface area contributed by atoms with Gasteiger partial charge in [-0.15, -0.1) is 0 Å². The van der Waals surface area contributed by atoms with Crippen molar-refractivity contribution in [2.45, 2.75) is 70.8 Å². The molecular formula is C13H23NO3. The lowest BCUT2D eigenvalue weighted by atomic mass is 10.0. The van der Waals surface area contributed by atoms with E-state index >= 15 is 0 Å². The number of hydrogen-bond donors (Lipinski definition) is 1. The Balaban J connectivity index is 1.95. The predicted octanol–water partition coefficient (Wildman–Crippen LogP) is 3.36. The van der Waals surface area contributed by atoms with E-state index in [-0.39, 0.29) is 0 Å². The quantitative estimate of drug-likeness (QED) is 0.630. The molecule has 1 unspecified atom stereocenters. The van der Waals surface area contributed by atoms with Crippen LogP contribution in [0, 0.1) is 0 Å². The van der Waals surface area contributed by atoms with Gasteiger partial charge >= 0.3 is 5.97 Å². The number of rotatable bonds is 9. The summed E-state index contributed by atoms with van der Waals surface area (Å²) in [7, 11) is 0. The molecule has 1 heterocycles. The molecule has 1 aliphatic heterocycles. The second-order valence-electron chi connectivity index (χ2n) is 4.67. The number of carboxylic acids is 1. The SMILES string of the molecule is CCCCCCCCCC1=NOC(C(=O)O)C1. The fourth-order valence-electron chi connectivity index (χ4n) is 1.99. The van der Waals surface area contributed by atoms with Crippen molar-refractivity contribution < 1.29 is 14.7 Å². The number of aliphatic carboxylic acids is 1. The molecule has 0 saturated carbocycles. The van der Waals surface area contributed by atoms with Crippen molar-refractivity contribution in [3.05, 3.63) is 0 Å². The van der Waals surface area contributed by atoms with Crippen LogP contribution < -0.4 is 0 Å². The van der Waals surface area contributed by atoms with Crippen LogP contribution in [0.3, 0.4) is 0 Å². The van der Waals surface area contributed by atoms with Crippen LogP contribution in [0.2, 0.25) is 0 Å². The molecule has 4 nitrogen and oxygen atoms in total. The molecule has 0 aromatic rings. The standard InChI is InChI=1S/C13H23NO3/c1-2-3-4-5-6-7-8-9-11-10-12(13(15)16)17-14-11/h12H,2-10H2,1H3,(H,15,16). The summed E-state index contributed by atoms with van der Waals surface area (Å²) < 4.78 is 0. The molecule has 4 heteroatoms. The number of unbranched alkanes of at least 4 members (excludes halogenated alkanes) is 6. The van der Waals surface area contributed by atoms with Crippen molar-refractivity contribution in [2.24, 2.45) is 5.16 Å². The number of oxime groups is 1. The van der Waals surface area contributed by atoms with Crippen molar-refractivity contribution >= 4 is 11.7 Å². The lowest BCUT2D eigenvalue weighted by molar-refractivity contribution is -0.148. The smallest absolute Gasteiger partial charge is 0.348 e. The lowest BCUT2D eigenvalue weighted by Gasteiger charge is -2.01. The van der Waals surface area contributed by atoms with E-state index in [4.69, 9.17) is 9.94 Å². The first kappa shape index (κ1) is 14.0. The molecular weight excluding hydrogens is 218 g/mol. The summed E-state index contributed by atoms with van der Waals surface area (Å²) in [5.74, 6) is -0.914. The molecule has 0 bridgehead atoms. The molecule has 0 aromatic heterocycles. The highest BCUT2D eigenvalue weighted by molar-refractivity contribution is 5.90. The number of hydrogen-bond acceptors (Lipinski definition) is 3. The molecule has 1 aliphatic rings. The Bertz CT molecular complexity index is 263. The van der Waals surface area contributed by atoms with Gasteiger partial charge < -0.3 is 9.94 Å². The van der Waals surface area contributed by atoms with Crippen LogP contribution in [0.1, 0.15) is 64.7 Å². The number of carbonyl (C=O) groups is 1. The first-order valence-electron chi connectivity index (χ1n) is 6.68. The zero-order valence-electron chi connectivity index (χ0n) is 10.7. The van der Waals surface area contributed by atoms with Crippen molar-refractivity contribution in [1.29, 1.82) is 0 Å². The minimum atomic E-state index is -0.914. The van der Waals surface area contributed by atoms with Crippen molar-refractivity contribution in [3.63, 3.8) is 0 Å². The van der Waals surface area contributed by atoms with E-state index in [9.17, 15) is 4.79 Å². The summed E-state index contributed by atoms with van der Waals surface area (Å²) in [5, 5.41) is 12.5. The van der Waals surface area contributed by atoms with Gasteiger partial charge in [-0.05, 0) is 12.8 Å². The van der Waals surface area contributed by atoms with Crippen LogP contribution >= 0.6 is 0 Å². The van der Waals surface area contributed by atoms with E-state index in [1.807, 2.05) is 0 Å². The van der Waals surface area contributed by atoms with Gasteiger partial charge in [-0.1, -0.05) is 50.6 Å². The molecule has 0 spiro atoms. The summed E-state index contributed by atoms with van der Waals surface area (Å²) in [5.41, 5.74) is 0.908. The predicted molar refractivity (Wildman–Crippen MR) is 67.2 cm³/mol. The van der Waals surface area contributed by atoms with Gasteiger partial charge in [-0.2, -0.15) is 0 Å². The van der Waals surface area contributed by atoms with Crippen molar-refractivity contribution in [2.75, 3.05) is 0 Å². The average Bonchev–Trinajstić information content (AvgIpc) is 2.77. The van der Waals surface area contributed by atoms with E-state index in [2.05, 4.69) is 12.1 Å². The lowest BCUT2D eigenvalue weighted by Crippen LogP contribution is -2.19. The fraction of sp³-hybridized carbons (Fsp3) is 0.846. The normalized spacial score (nSPS) is 18.9. The molecule has 17 heavy (non-hydrogen) atoms. The highest BCUT2D eigenvalue weighted by Gasteiger charge is 2.26. The maximum atomic E-state index is 10.6. The zero-order chi connectivity index (χ0) is 12.5. The maximum absolute atomic E-state index is 10.6. The molecule has 98 valence electrons. The molecule has 0 amide bonds. The molecule has 1 N–H and O–H groups in total. The number of carboxylic acid groups (broad SMARTS) is 1. The molecule has 1 atom stereocenters. The van der Waals surface area contributed by atoms with E-state index in [1.54, 1.807) is 0 Å². The Hall–Kier alpha value is -1.06. The van der Waals surface area contributed by atoms with Crippen LogP contribution in [0.4, 0.5) is 0 Å². The maximum Gasteiger partial charge on any atom is 0.348 e. The van der Waals surface area contributed by atoms with Gasteiger partial charge in [0.25, 0.3) is 0 Å². The Morgan fingerprint density at radius 1 is 1.29 bits per heavy atom. The topological polar surface area (TPSA) is 58.9 Å². The third-order valence-electron chi connectivity index (χ3n) is 3.07. The van der Waals surface area contributed by atoms with Gasteiger partial charge in [0.15, 0.2) is 0 Å². The van der Waals surface area contributed by atoms with E-state index < -0.39 is 12.1 Å². The monoisotopic (exact) mass is 241 g/mol.